The number of carbonyl (C=O) groups excluding carboxylic acids is 2. The summed E-state index contributed by atoms with van der Waals surface area (Å²) >= 11 is 0. The van der Waals surface area contributed by atoms with Crippen molar-refractivity contribution in [3.63, 3.8) is 0 Å². The van der Waals surface area contributed by atoms with Crippen LogP contribution in [-0.4, -0.2) is 22.6 Å². The Balaban J connectivity index is 1.59. The molecule has 3 saturated carbocycles. The van der Waals surface area contributed by atoms with Crippen LogP contribution in [0.1, 0.15) is 91.9 Å². The highest BCUT2D eigenvalue weighted by Crippen LogP contribution is 2.69. The molecule has 5 heteroatoms. The molecule has 0 aliphatic heterocycles. The van der Waals surface area contributed by atoms with Crippen LogP contribution in [0, 0.1) is 56.7 Å². The first kappa shape index (κ1) is 24.5. The molecule has 1 N–H and O–H groups in total. The molecule has 35 heavy (non-hydrogen) atoms. The van der Waals surface area contributed by atoms with Gasteiger partial charge in [0.05, 0.1) is 5.57 Å². The summed E-state index contributed by atoms with van der Waals surface area (Å²) in [6.07, 6.45) is 12.0. The highest BCUT2D eigenvalue weighted by atomic mass is 16.4. The van der Waals surface area contributed by atoms with Crippen LogP contribution in [0.3, 0.4) is 0 Å². The van der Waals surface area contributed by atoms with Gasteiger partial charge in [-0.1, -0.05) is 39.3 Å². The van der Waals surface area contributed by atoms with Gasteiger partial charge < -0.3 is 5.11 Å². The van der Waals surface area contributed by atoms with Crippen molar-refractivity contribution in [3.8, 4) is 6.07 Å². The van der Waals surface area contributed by atoms with Crippen molar-refractivity contribution in [1.82, 2.24) is 0 Å². The van der Waals surface area contributed by atoms with Crippen molar-refractivity contribution in [2.24, 2.45) is 45.3 Å². The summed E-state index contributed by atoms with van der Waals surface area (Å²) < 4.78 is 0. The minimum absolute atomic E-state index is 0.0569. The van der Waals surface area contributed by atoms with E-state index in [4.69, 9.17) is 0 Å². The van der Waals surface area contributed by atoms with E-state index in [0.29, 0.717) is 12.8 Å². The summed E-state index contributed by atoms with van der Waals surface area (Å²) in [7, 11) is 0. The molecule has 0 aromatic carbocycles. The maximum absolute atomic E-state index is 14.1. The van der Waals surface area contributed by atoms with Gasteiger partial charge >= 0.3 is 5.97 Å². The summed E-state index contributed by atoms with van der Waals surface area (Å²) in [5.74, 6) is -0.0678. The van der Waals surface area contributed by atoms with Gasteiger partial charge in [-0.2, -0.15) is 5.26 Å². The minimum atomic E-state index is -0.743. The fourth-order valence-electron chi connectivity index (χ4n) is 9.32. The third-order valence-electron chi connectivity index (χ3n) is 11.3. The quantitative estimate of drug-likeness (QED) is 0.534. The lowest BCUT2D eigenvalue weighted by molar-refractivity contribution is -0.149. The van der Waals surface area contributed by atoms with E-state index in [-0.39, 0.29) is 63.5 Å². The zero-order chi connectivity index (χ0) is 25.4. The molecule has 0 aromatic rings. The smallest absolute Gasteiger partial charge is 0.303 e. The molecule has 188 valence electrons. The average Bonchev–Trinajstić information content (AvgIpc) is 2.79. The summed E-state index contributed by atoms with van der Waals surface area (Å²) in [5, 5.41) is 19.1. The van der Waals surface area contributed by atoms with E-state index in [9.17, 15) is 24.8 Å². The molecule has 5 rings (SSSR count). The van der Waals surface area contributed by atoms with Crippen LogP contribution in [-0.2, 0) is 14.4 Å². The third kappa shape index (κ3) is 3.58. The highest BCUT2D eigenvalue weighted by Gasteiger charge is 2.63. The van der Waals surface area contributed by atoms with Crippen molar-refractivity contribution >= 4 is 17.5 Å². The van der Waals surface area contributed by atoms with E-state index in [1.165, 1.54) is 0 Å². The monoisotopic (exact) mass is 477 g/mol. The number of rotatable bonds is 3. The number of nitriles is 1. The second-order valence-electron chi connectivity index (χ2n) is 13.6. The van der Waals surface area contributed by atoms with Crippen molar-refractivity contribution in [1.29, 1.82) is 5.26 Å². The second kappa shape index (κ2) is 7.89. The number of ketones is 2. The van der Waals surface area contributed by atoms with Gasteiger partial charge in [-0.3, -0.25) is 14.4 Å². The van der Waals surface area contributed by atoms with E-state index in [0.717, 1.165) is 50.5 Å². The maximum atomic E-state index is 14.1. The predicted octanol–water partition coefficient (Wildman–Crippen LogP) is 6.04. The molecule has 7 unspecified atom stereocenters. The van der Waals surface area contributed by atoms with Gasteiger partial charge in [0.1, 0.15) is 6.07 Å². The zero-order valence-corrected chi connectivity index (χ0v) is 21.7. The van der Waals surface area contributed by atoms with Gasteiger partial charge in [-0.05, 0) is 91.4 Å². The molecule has 0 bridgehead atoms. The van der Waals surface area contributed by atoms with Crippen molar-refractivity contribution in [2.45, 2.75) is 91.9 Å². The first-order valence-corrected chi connectivity index (χ1v) is 13.5. The number of allylic oxidation sites excluding steroid dienone is 4. The van der Waals surface area contributed by atoms with Crippen LogP contribution in [0.2, 0.25) is 0 Å². The predicted molar refractivity (Wildman–Crippen MR) is 132 cm³/mol. The van der Waals surface area contributed by atoms with Gasteiger partial charge in [0.25, 0.3) is 0 Å². The van der Waals surface area contributed by atoms with E-state index >= 15 is 0 Å². The van der Waals surface area contributed by atoms with Gasteiger partial charge in [-0.25, -0.2) is 0 Å². The summed E-state index contributed by atoms with van der Waals surface area (Å²) in [5.41, 5.74) is 0.911. The van der Waals surface area contributed by atoms with Crippen molar-refractivity contribution in [2.75, 3.05) is 0 Å². The Hall–Kier alpha value is -2.22. The molecule has 7 atom stereocenters. The molecule has 0 radical (unpaired) electrons. The van der Waals surface area contributed by atoms with Gasteiger partial charge in [0, 0.05) is 24.2 Å². The van der Waals surface area contributed by atoms with Crippen LogP contribution in [0.5, 0.6) is 0 Å². The standard InChI is InChI=1S/C30H39NO4/c1-27(2)11-12-30(10-7-25(34)35)9-6-20-26(21(30)16-27)23(33)14-24-28(20,3)8-5-19-13-22(32)18(17-31)15-29(19,24)4/h14-15,19-21,26H,5-13,16H2,1-4H3,(H,34,35). The second-order valence-corrected chi connectivity index (χ2v) is 13.6. The van der Waals surface area contributed by atoms with E-state index in [2.05, 4.69) is 33.8 Å². The number of nitrogens with zero attached hydrogens (tertiary/aromatic N) is 1. The fraction of sp³-hybridized carbons (Fsp3) is 0.733. The number of carboxylic acid groups (broad SMARTS) is 1. The van der Waals surface area contributed by atoms with Gasteiger partial charge in [0.15, 0.2) is 11.6 Å². The minimum Gasteiger partial charge on any atom is -0.481 e. The number of hydrogen-bond acceptors (Lipinski definition) is 4. The highest BCUT2D eigenvalue weighted by molar-refractivity contribution is 6.01. The molecule has 0 spiro atoms. The number of aliphatic carboxylic acids is 1. The van der Waals surface area contributed by atoms with Crippen molar-refractivity contribution < 1.29 is 19.5 Å². The Bertz CT molecular complexity index is 1090. The Labute approximate surface area is 209 Å². The van der Waals surface area contributed by atoms with Crippen LogP contribution >= 0.6 is 0 Å². The molecule has 0 aromatic heterocycles. The lowest BCUT2D eigenvalue weighted by atomic mass is 9.39. The maximum Gasteiger partial charge on any atom is 0.303 e. The number of carboxylic acids is 1. The Morgan fingerprint density at radius 2 is 1.83 bits per heavy atom. The molecule has 3 fully saturated rings. The first-order chi connectivity index (χ1) is 16.4. The summed E-state index contributed by atoms with van der Waals surface area (Å²) in [6.45, 7) is 9.07. The SMILES string of the molecule is CC1(C)CCC2(CCC(=O)O)CCC3C(C(=O)C=C4C5(C)C=C(C#N)C(=O)CC5CCC43C)C2C1. The van der Waals surface area contributed by atoms with Crippen LogP contribution in [0.25, 0.3) is 0 Å². The van der Waals surface area contributed by atoms with Gasteiger partial charge in [0.2, 0.25) is 0 Å². The molecule has 0 heterocycles. The van der Waals surface area contributed by atoms with Crippen LogP contribution in [0.15, 0.2) is 23.3 Å². The average molecular weight is 478 g/mol. The molecule has 0 saturated heterocycles. The van der Waals surface area contributed by atoms with E-state index in [1.54, 1.807) is 0 Å². The zero-order valence-electron chi connectivity index (χ0n) is 21.7. The van der Waals surface area contributed by atoms with Crippen molar-refractivity contribution in [3.05, 3.63) is 23.3 Å². The topological polar surface area (TPSA) is 95.2 Å². The number of Topliss-reactive ketones (excluding diaryl/α,β-unsaturated/α-hetero) is 1. The third-order valence-corrected chi connectivity index (χ3v) is 11.3. The Kier molecular flexibility index (Phi) is 5.52. The normalized spacial score (nSPS) is 44.0. The Morgan fingerprint density at radius 1 is 1.09 bits per heavy atom. The summed E-state index contributed by atoms with van der Waals surface area (Å²) in [6, 6.07) is 2.11. The van der Waals surface area contributed by atoms with E-state index in [1.807, 2.05) is 12.2 Å². The molecule has 5 aliphatic carbocycles. The van der Waals surface area contributed by atoms with Gasteiger partial charge in [-0.15, -0.1) is 0 Å². The molecular weight excluding hydrogens is 438 g/mol. The van der Waals surface area contributed by atoms with Crippen LogP contribution in [0.4, 0.5) is 0 Å². The lowest BCUT2D eigenvalue weighted by Gasteiger charge is -2.64. The summed E-state index contributed by atoms with van der Waals surface area (Å²) in [4.78, 5) is 38.1. The largest absolute Gasteiger partial charge is 0.481 e. The molecule has 5 aliphatic rings. The molecule has 0 amide bonds. The number of hydrogen-bond donors (Lipinski definition) is 1. The van der Waals surface area contributed by atoms with Crippen LogP contribution < -0.4 is 0 Å². The molecule has 5 nitrogen and oxygen atoms in total. The fourth-order valence-corrected chi connectivity index (χ4v) is 9.32. The number of fused-ring (bicyclic) bond motifs is 7. The lowest BCUT2D eigenvalue weighted by Crippen LogP contribution is -2.59. The van der Waals surface area contributed by atoms with E-state index < -0.39 is 11.4 Å². The number of carbonyl (C=O) groups is 3. The molecular formula is C30H39NO4. The Morgan fingerprint density at radius 3 is 2.51 bits per heavy atom. The first-order valence-electron chi connectivity index (χ1n) is 13.5.